The number of Topliss-reactive ketones (excluding diaryl/α,β-unsaturated/α-hetero) is 1. The average molecular weight is 477 g/mol. The maximum absolute atomic E-state index is 13.1. The zero-order chi connectivity index (χ0) is 25.6. The Bertz CT molecular complexity index is 776. The van der Waals surface area contributed by atoms with Gasteiger partial charge in [-0.2, -0.15) is 13.2 Å². The molecular weight excluding hydrogens is 441 g/mol. The zero-order valence-corrected chi connectivity index (χ0v) is 19.9. The Morgan fingerprint density at radius 1 is 1.12 bits per heavy atom. The number of carbonyl (C=O) groups is 2. The summed E-state index contributed by atoms with van der Waals surface area (Å²) in [6, 6.07) is 3.83. The number of amides is 1. The van der Waals surface area contributed by atoms with E-state index in [9.17, 15) is 27.9 Å². The fourth-order valence-electron chi connectivity index (χ4n) is 3.12. The van der Waals surface area contributed by atoms with Gasteiger partial charge < -0.3 is 25.6 Å². The molecule has 0 aliphatic heterocycles. The number of alkyl halides is 3. The Balaban J connectivity index is 3.15. The van der Waals surface area contributed by atoms with Crippen LogP contribution >= 0.6 is 0 Å². The highest BCUT2D eigenvalue weighted by molar-refractivity contribution is 5.91. The van der Waals surface area contributed by atoms with Crippen molar-refractivity contribution in [2.24, 2.45) is 17.6 Å². The number of ketones is 1. The van der Waals surface area contributed by atoms with Crippen LogP contribution in [0.25, 0.3) is 0 Å². The van der Waals surface area contributed by atoms with Gasteiger partial charge >= 0.3 is 6.18 Å². The molecule has 4 N–H and O–H groups in total. The van der Waals surface area contributed by atoms with Crippen molar-refractivity contribution in [3.8, 4) is 5.75 Å². The van der Waals surface area contributed by atoms with Crippen LogP contribution in [-0.4, -0.2) is 54.4 Å². The highest BCUT2D eigenvalue weighted by atomic mass is 19.4. The lowest BCUT2D eigenvalue weighted by molar-refractivity contribution is -0.224. The molecule has 0 unspecified atom stereocenters. The summed E-state index contributed by atoms with van der Waals surface area (Å²) < 4.78 is 50.0. The number of hydrogen-bond acceptors (Lipinski definition) is 6. The summed E-state index contributed by atoms with van der Waals surface area (Å²) >= 11 is 0. The van der Waals surface area contributed by atoms with Crippen molar-refractivity contribution in [1.29, 1.82) is 0 Å². The lowest BCUT2D eigenvalue weighted by atomic mass is 9.83. The van der Waals surface area contributed by atoms with Crippen molar-refractivity contribution in [3.63, 3.8) is 0 Å². The molecule has 0 aromatic heterocycles. The standard InChI is InChI=1S/C23H35F3N2O5/c1-13(2)16(20(30)23(24,25)26)11-18(29)19(14-7-9-15(32-6)10-8-14)28-21(31)17(27)12-33-22(3,4)5/h7-10,13,16-17,19-20,30H,11-12,27H2,1-6H3,(H,28,31)/t16-,17-,19-,20-/m0/s1. The van der Waals surface area contributed by atoms with Crippen LogP contribution in [0.4, 0.5) is 13.2 Å². The smallest absolute Gasteiger partial charge is 0.414 e. The Kier molecular flexibility index (Phi) is 10.3. The van der Waals surface area contributed by atoms with Crippen LogP contribution in [0.15, 0.2) is 24.3 Å². The quantitative estimate of drug-likeness (QED) is 0.453. The van der Waals surface area contributed by atoms with Gasteiger partial charge in [-0.05, 0) is 44.4 Å². The Hall–Kier alpha value is -2.17. The van der Waals surface area contributed by atoms with Gasteiger partial charge in [0, 0.05) is 12.3 Å². The molecule has 1 aromatic carbocycles. The first kappa shape index (κ1) is 28.9. The second-order valence-electron chi connectivity index (χ2n) is 9.31. The second kappa shape index (κ2) is 11.8. The first-order valence-electron chi connectivity index (χ1n) is 10.7. The summed E-state index contributed by atoms with van der Waals surface area (Å²) in [5, 5.41) is 12.3. The fourth-order valence-corrected chi connectivity index (χ4v) is 3.12. The second-order valence-corrected chi connectivity index (χ2v) is 9.31. The van der Waals surface area contributed by atoms with E-state index in [4.69, 9.17) is 15.2 Å². The summed E-state index contributed by atoms with van der Waals surface area (Å²) in [7, 11) is 1.46. The monoisotopic (exact) mass is 476 g/mol. The highest BCUT2D eigenvalue weighted by Gasteiger charge is 2.45. The van der Waals surface area contributed by atoms with Crippen LogP contribution in [0, 0.1) is 11.8 Å². The fraction of sp³-hybridized carbons (Fsp3) is 0.652. The van der Waals surface area contributed by atoms with Gasteiger partial charge in [-0.3, -0.25) is 9.59 Å². The molecule has 0 heterocycles. The minimum Gasteiger partial charge on any atom is -0.497 e. The predicted octanol–water partition coefficient (Wildman–Crippen LogP) is 3.15. The van der Waals surface area contributed by atoms with Crippen molar-refractivity contribution >= 4 is 11.7 Å². The van der Waals surface area contributed by atoms with E-state index < -0.39 is 59.9 Å². The van der Waals surface area contributed by atoms with E-state index in [0.29, 0.717) is 11.3 Å². The first-order chi connectivity index (χ1) is 15.1. The summed E-state index contributed by atoms with van der Waals surface area (Å²) in [4.78, 5) is 25.8. The molecule has 188 valence electrons. The molecule has 0 aliphatic rings. The summed E-state index contributed by atoms with van der Waals surface area (Å²) in [5.41, 5.74) is 5.70. The third kappa shape index (κ3) is 9.30. The molecule has 7 nitrogen and oxygen atoms in total. The number of ether oxygens (including phenoxy) is 2. The number of aliphatic hydroxyl groups excluding tert-OH is 1. The summed E-state index contributed by atoms with van der Waals surface area (Å²) in [6.07, 6.45) is -8.14. The predicted molar refractivity (Wildman–Crippen MR) is 118 cm³/mol. The summed E-state index contributed by atoms with van der Waals surface area (Å²) in [5.74, 6) is -2.89. The topological polar surface area (TPSA) is 111 Å². The maximum Gasteiger partial charge on any atom is 0.414 e. The van der Waals surface area contributed by atoms with Crippen molar-refractivity contribution in [2.75, 3.05) is 13.7 Å². The molecule has 0 radical (unpaired) electrons. The van der Waals surface area contributed by atoms with Gasteiger partial charge in [0.15, 0.2) is 11.9 Å². The Morgan fingerprint density at radius 3 is 2.09 bits per heavy atom. The lowest BCUT2D eigenvalue weighted by Gasteiger charge is -2.29. The first-order valence-corrected chi connectivity index (χ1v) is 10.7. The van der Waals surface area contributed by atoms with E-state index in [-0.39, 0.29) is 6.61 Å². The highest BCUT2D eigenvalue weighted by Crippen LogP contribution is 2.33. The van der Waals surface area contributed by atoms with Crippen LogP contribution in [0.2, 0.25) is 0 Å². The zero-order valence-electron chi connectivity index (χ0n) is 19.9. The molecule has 0 saturated carbocycles. The van der Waals surface area contributed by atoms with Crippen LogP contribution in [-0.2, 0) is 14.3 Å². The van der Waals surface area contributed by atoms with E-state index in [1.165, 1.54) is 33.1 Å². The van der Waals surface area contributed by atoms with Gasteiger partial charge in [0.05, 0.1) is 19.3 Å². The van der Waals surface area contributed by atoms with E-state index in [0.717, 1.165) is 0 Å². The molecule has 4 atom stereocenters. The number of benzene rings is 1. The molecule has 10 heteroatoms. The van der Waals surface area contributed by atoms with E-state index in [1.54, 1.807) is 32.9 Å². The minimum atomic E-state index is -4.87. The normalized spacial score (nSPS) is 16.1. The minimum absolute atomic E-state index is 0.111. The van der Waals surface area contributed by atoms with Crippen molar-refractivity contribution in [2.45, 2.75) is 71.0 Å². The number of hydrogen-bond donors (Lipinski definition) is 3. The van der Waals surface area contributed by atoms with Gasteiger partial charge in [0.1, 0.15) is 17.8 Å². The molecule has 0 aliphatic carbocycles. The molecule has 1 rings (SSSR count). The SMILES string of the molecule is COc1ccc([C@H](NC(=O)[C@@H](N)COC(C)(C)C)C(=O)C[C@@H](C(C)C)[C@H](O)C(F)(F)F)cc1. The lowest BCUT2D eigenvalue weighted by Crippen LogP contribution is -2.48. The van der Waals surface area contributed by atoms with Crippen LogP contribution in [0.3, 0.4) is 0 Å². The van der Waals surface area contributed by atoms with Crippen LogP contribution in [0.1, 0.15) is 52.6 Å². The van der Waals surface area contributed by atoms with Gasteiger partial charge in [0.25, 0.3) is 0 Å². The van der Waals surface area contributed by atoms with Gasteiger partial charge in [-0.25, -0.2) is 0 Å². The Labute approximate surface area is 192 Å². The van der Waals surface area contributed by atoms with E-state index in [2.05, 4.69) is 5.32 Å². The third-order valence-corrected chi connectivity index (χ3v) is 5.12. The molecular formula is C23H35F3N2O5. The van der Waals surface area contributed by atoms with Crippen molar-refractivity contribution in [1.82, 2.24) is 5.32 Å². The van der Waals surface area contributed by atoms with Crippen LogP contribution < -0.4 is 15.8 Å². The molecule has 0 fully saturated rings. The van der Waals surface area contributed by atoms with Gasteiger partial charge in [-0.1, -0.05) is 26.0 Å². The average Bonchev–Trinajstić information content (AvgIpc) is 2.71. The van der Waals surface area contributed by atoms with Gasteiger partial charge in [0.2, 0.25) is 5.91 Å². The number of nitrogens with two attached hydrogens (primary N) is 1. The molecule has 0 bridgehead atoms. The van der Waals surface area contributed by atoms with E-state index in [1.807, 2.05) is 0 Å². The summed E-state index contributed by atoms with van der Waals surface area (Å²) in [6.45, 7) is 8.25. The Morgan fingerprint density at radius 2 is 1.67 bits per heavy atom. The van der Waals surface area contributed by atoms with E-state index >= 15 is 0 Å². The molecule has 0 saturated heterocycles. The number of rotatable bonds is 11. The number of nitrogens with one attached hydrogen (secondary N) is 1. The largest absolute Gasteiger partial charge is 0.497 e. The third-order valence-electron chi connectivity index (χ3n) is 5.12. The van der Waals surface area contributed by atoms with Crippen LogP contribution in [0.5, 0.6) is 5.75 Å². The van der Waals surface area contributed by atoms with Gasteiger partial charge in [-0.15, -0.1) is 0 Å². The number of aliphatic hydroxyl groups is 1. The molecule has 1 amide bonds. The molecule has 33 heavy (non-hydrogen) atoms. The number of methoxy groups -OCH3 is 1. The number of halogens is 3. The molecule has 0 spiro atoms. The number of carbonyl (C=O) groups excluding carboxylic acids is 2. The molecule has 1 aromatic rings. The van der Waals surface area contributed by atoms with Crippen molar-refractivity contribution < 1.29 is 37.3 Å². The maximum atomic E-state index is 13.1. The van der Waals surface area contributed by atoms with Crippen molar-refractivity contribution in [3.05, 3.63) is 29.8 Å².